The zero-order valence-corrected chi connectivity index (χ0v) is 36.7. The van der Waals surface area contributed by atoms with Gasteiger partial charge in [0.1, 0.15) is 54.6 Å². The molecule has 0 radical (unpaired) electrons. The van der Waals surface area contributed by atoms with Crippen molar-refractivity contribution >= 4 is 23.5 Å². The minimum Gasteiger partial charge on any atom is -0.394 e. The van der Waals surface area contributed by atoms with Crippen LogP contribution in [0.4, 0.5) is 0 Å². The van der Waals surface area contributed by atoms with Crippen LogP contribution < -0.4 is 10.6 Å². The number of aliphatic hydroxyl groups excluding tert-OH is 5. The molecule has 0 bridgehead atoms. The fourth-order valence-electron chi connectivity index (χ4n) is 9.68. The maximum absolute atomic E-state index is 13.9. The minimum absolute atomic E-state index is 0.0326. The molecule has 15 atom stereocenters. The topological polar surface area (TPSA) is 243 Å². The number of ether oxygens (including phenoxy) is 5. The lowest BCUT2D eigenvalue weighted by atomic mass is 9.74. The number of nitrogens with zero attached hydrogens (tertiary/aromatic N) is 1. The largest absolute Gasteiger partial charge is 0.394 e. The SMILES string of the molecule is CCCCCC(=O)NCCCC(=O)C1CC(CC)[C@@H](O[C@@H]2OC(C)[C@@H](O)[C@H](O)C2O)[C@H](O[C@@H]2O[C@@H](CO)[C@H](O)C(O[C@@H](CC3CCCCC3)C(=O)N3CCC3)C2NC(C)=O)C1. The Morgan fingerprint density at radius 2 is 1.56 bits per heavy atom. The van der Waals surface area contributed by atoms with Gasteiger partial charge in [-0.15, -0.1) is 0 Å². The van der Waals surface area contributed by atoms with Gasteiger partial charge in [0.25, 0.3) is 5.91 Å². The van der Waals surface area contributed by atoms with E-state index in [4.69, 9.17) is 23.7 Å². The van der Waals surface area contributed by atoms with Gasteiger partial charge in [-0.1, -0.05) is 65.2 Å². The van der Waals surface area contributed by atoms with Crippen LogP contribution in [0.2, 0.25) is 0 Å². The van der Waals surface area contributed by atoms with Crippen molar-refractivity contribution < 1.29 is 68.4 Å². The van der Waals surface area contributed by atoms with Crippen LogP contribution >= 0.6 is 0 Å². The average molecular weight is 870 g/mol. The Kier molecular flexibility index (Phi) is 19.6. The molecule has 5 rings (SSSR count). The summed E-state index contributed by atoms with van der Waals surface area (Å²) in [6.45, 7) is 7.77. The molecule has 5 fully saturated rings. The highest BCUT2D eigenvalue weighted by Gasteiger charge is 2.53. The van der Waals surface area contributed by atoms with Gasteiger partial charge >= 0.3 is 0 Å². The third-order valence-electron chi connectivity index (χ3n) is 13.5. The molecule has 0 spiro atoms. The second-order valence-electron chi connectivity index (χ2n) is 18.1. The third kappa shape index (κ3) is 13.4. The van der Waals surface area contributed by atoms with E-state index >= 15 is 0 Å². The normalized spacial score (nSPS) is 36.4. The molecule has 3 amide bonds. The van der Waals surface area contributed by atoms with E-state index in [-0.39, 0.29) is 42.3 Å². The van der Waals surface area contributed by atoms with Crippen LogP contribution in [0.1, 0.15) is 130 Å². The lowest BCUT2D eigenvalue weighted by molar-refractivity contribution is -0.338. The number of unbranched alkanes of at least 4 members (excludes halogenated alkanes) is 2. The Labute approximate surface area is 360 Å². The summed E-state index contributed by atoms with van der Waals surface area (Å²) in [4.78, 5) is 54.8. The quantitative estimate of drug-likeness (QED) is 0.0812. The van der Waals surface area contributed by atoms with E-state index in [0.717, 1.165) is 57.8 Å². The van der Waals surface area contributed by atoms with Gasteiger partial charge in [-0.2, -0.15) is 0 Å². The van der Waals surface area contributed by atoms with Crippen molar-refractivity contribution in [3.8, 4) is 0 Å². The second kappa shape index (κ2) is 24.1. The molecule has 2 saturated carbocycles. The van der Waals surface area contributed by atoms with Crippen LogP contribution in [0.25, 0.3) is 0 Å². The molecular weight excluding hydrogens is 794 g/mol. The number of carbonyl (C=O) groups excluding carboxylic acids is 4. The maximum atomic E-state index is 13.9. The summed E-state index contributed by atoms with van der Waals surface area (Å²) in [7, 11) is 0. The molecule has 7 N–H and O–H groups in total. The zero-order valence-electron chi connectivity index (χ0n) is 36.7. The smallest absolute Gasteiger partial charge is 0.251 e. The van der Waals surface area contributed by atoms with Gasteiger partial charge in [0, 0.05) is 45.3 Å². The number of ketones is 1. The van der Waals surface area contributed by atoms with Crippen molar-refractivity contribution in [2.24, 2.45) is 17.8 Å². The van der Waals surface area contributed by atoms with Crippen molar-refractivity contribution in [1.29, 1.82) is 0 Å². The number of amides is 3. The first kappa shape index (κ1) is 49.7. The molecular formula is C44H75N3O14. The standard InChI is InChI=1S/C44H75N3O14/c1-5-7-9-17-34(51)45-18-12-16-30(50)29-22-28(6-2)40(61-44-39(55)38(54)36(52)25(3)57-44)31(23-29)59-43-35(46-26(4)49)41(37(53)33(24-48)60-43)58-32(42(56)47-19-13-20-47)21-27-14-10-8-11-15-27/h25,27-29,31-33,35-41,43-44,48,52-55H,5-24H2,1-4H3,(H,45,51)(H,46,49)/t25?,28?,29?,31-,32+,33+,35?,36-,37+,38+,39?,40-,41?,43-,44+/m1/s1. The summed E-state index contributed by atoms with van der Waals surface area (Å²) in [6, 6.07) is -1.18. The van der Waals surface area contributed by atoms with E-state index in [2.05, 4.69) is 17.6 Å². The Bertz CT molecular complexity index is 1400. The van der Waals surface area contributed by atoms with Crippen LogP contribution in [-0.2, 0) is 42.9 Å². The molecule has 17 heteroatoms. The number of likely N-dealkylation sites (tertiary alicyclic amines) is 1. The van der Waals surface area contributed by atoms with Gasteiger partial charge < -0.3 is 64.8 Å². The molecule has 3 aliphatic heterocycles. The summed E-state index contributed by atoms with van der Waals surface area (Å²) in [5, 5.41) is 60.0. The van der Waals surface area contributed by atoms with Crippen LogP contribution in [0.3, 0.4) is 0 Å². The molecule has 350 valence electrons. The zero-order chi connectivity index (χ0) is 44.2. The highest BCUT2D eigenvalue weighted by molar-refractivity contribution is 5.82. The Balaban J connectivity index is 1.41. The minimum atomic E-state index is -1.62. The molecule has 3 heterocycles. The van der Waals surface area contributed by atoms with Crippen LogP contribution in [0.15, 0.2) is 0 Å². The van der Waals surface area contributed by atoms with Gasteiger partial charge in [0.15, 0.2) is 12.6 Å². The first-order chi connectivity index (χ1) is 29.3. The van der Waals surface area contributed by atoms with Crippen molar-refractivity contribution in [1.82, 2.24) is 15.5 Å². The van der Waals surface area contributed by atoms with Crippen LogP contribution in [0, 0.1) is 17.8 Å². The van der Waals surface area contributed by atoms with Crippen molar-refractivity contribution in [3.05, 3.63) is 0 Å². The van der Waals surface area contributed by atoms with Gasteiger partial charge in [-0.3, -0.25) is 19.2 Å². The maximum Gasteiger partial charge on any atom is 0.251 e. The van der Waals surface area contributed by atoms with E-state index < -0.39 is 98.1 Å². The second-order valence-corrected chi connectivity index (χ2v) is 18.1. The number of rotatable bonds is 21. The molecule has 61 heavy (non-hydrogen) atoms. The molecule has 0 aromatic rings. The molecule has 17 nitrogen and oxygen atoms in total. The van der Waals surface area contributed by atoms with E-state index in [0.29, 0.717) is 51.7 Å². The summed E-state index contributed by atoms with van der Waals surface area (Å²) in [6.07, 6.45) is -3.51. The van der Waals surface area contributed by atoms with Crippen LogP contribution in [0.5, 0.6) is 0 Å². The number of hydrogen-bond donors (Lipinski definition) is 7. The van der Waals surface area contributed by atoms with E-state index in [9.17, 15) is 44.7 Å². The predicted molar refractivity (Wildman–Crippen MR) is 220 cm³/mol. The Morgan fingerprint density at radius 1 is 0.820 bits per heavy atom. The number of carbonyl (C=O) groups is 4. The van der Waals surface area contributed by atoms with E-state index in [1.165, 1.54) is 6.92 Å². The summed E-state index contributed by atoms with van der Waals surface area (Å²) >= 11 is 0. The average Bonchev–Trinajstić information content (AvgIpc) is 3.22. The van der Waals surface area contributed by atoms with E-state index in [1.54, 1.807) is 11.8 Å². The first-order valence-corrected chi connectivity index (χ1v) is 23.2. The monoisotopic (exact) mass is 870 g/mol. The summed E-state index contributed by atoms with van der Waals surface area (Å²) in [5.41, 5.74) is 0. The highest BCUT2D eigenvalue weighted by atomic mass is 16.7. The Hall–Kier alpha value is -2.32. The van der Waals surface area contributed by atoms with Crippen molar-refractivity contribution in [2.75, 3.05) is 26.2 Å². The fourth-order valence-corrected chi connectivity index (χ4v) is 9.68. The van der Waals surface area contributed by atoms with Gasteiger partial charge in [-0.25, -0.2) is 0 Å². The summed E-state index contributed by atoms with van der Waals surface area (Å²) in [5.74, 6) is -1.37. The predicted octanol–water partition coefficient (Wildman–Crippen LogP) is 1.61. The lowest BCUT2D eigenvalue weighted by Gasteiger charge is -2.49. The van der Waals surface area contributed by atoms with E-state index in [1.807, 2.05) is 6.92 Å². The number of Topliss-reactive ketones (excluding diaryl/α,β-unsaturated/α-hetero) is 1. The number of aliphatic hydroxyl groups is 5. The molecule has 5 aliphatic rings. The van der Waals surface area contributed by atoms with Crippen molar-refractivity contribution in [2.45, 2.75) is 210 Å². The first-order valence-electron chi connectivity index (χ1n) is 23.2. The number of nitrogens with one attached hydrogen (secondary N) is 2. The van der Waals surface area contributed by atoms with Crippen LogP contribution in [-0.4, -0.2) is 160 Å². The third-order valence-corrected chi connectivity index (χ3v) is 13.5. The van der Waals surface area contributed by atoms with Gasteiger partial charge in [0.2, 0.25) is 11.8 Å². The van der Waals surface area contributed by atoms with Gasteiger partial charge in [-0.05, 0) is 57.3 Å². The van der Waals surface area contributed by atoms with Crippen molar-refractivity contribution in [3.63, 3.8) is 0 Å². The molecule has 3 saturated heterocycles. The number of hydrogen-bond acceptors (Lipinski definition) is 14. The molecule has 0 aromatic carbocycles. The highest BCUT2D eigenvalue weighted by Crippen LogP contribution is 2.40. The summed E-state index contributed by atoms with van der Waals surface area (Å²) < 4.78 is 32.0. The molecule has 6 unspecified atom stereocenters. The molecule has 0 aromatic heterocycles. The fraction of sp³-hybridized carbons (Fsp3) is 0.909. The van der Waals surface area contributed by atoms with Gasteiger partial charge in [0.05, 0.1) is 24.9 Å². The lowest BCUT2D eigenvalue weighted by Crippen LogP contribution is -2.67. The Morgan fingerprint density at radius 3 is 2.20 bits per heavy atom. The molecule has 2 aliphatic carbocycles.